The molecule has 1 aliphatic heterocycles. The van der Waals surface area contributed by atoms with Crippen molar-refractivity contribution in [3.8, 4) is 11.3 Å². The zero-order valence-electron chi connectivity index (χ0n) is 21.0. The number of aryl methyl sites for hydroxylation is 2. The third-order valence-corrected chi connectivity index (χ3v) is 6.94. The fourth-order valence-corrected chi connectivity index (χ4v) is 4.67. The second-order valence-corrected chi connectivity index (χ2v) is 9.96. The van der Waals surface area contributed by atoms with E-state index in [1.54, 1.807) is 20.0 Å². The van der Waals surface area contributed by atoms with E-state index in [-0.39, 0.29) is 40.6 Å². The molecule has 4 heterocycles. The van der Waals surface area contributed by atoms with Crippen LogP contribution in [0, 0.1) is 19.7 Å². The number of ether oxygens (including phenoxy) is 1. The van der Waals surface area contributed by atoms with Crippen LogP contribution in [0.1, 0.15) is 54.4 Å². The number of nitrogens with zero attached hydrogens (tertiary/aromatic N) is 7. The molecule has 4 aromatic rings. The number of rotatable bonds is 4. The van der Waals surface area contributed by atoms with Gasteiger partial charge in [-0.15, -0.1) is 0 Å². The van der Waals surface area contributed by atoms with Gasteiger partial charge in [0.15, 0.2) is 5.65 Å². The highest BCUT2D eigenvalue weighted by Gasteiger charge is 2.33. The van der Waals surface area contributed by atoms with E-state index in [4.69, 9.17) is 4.74 Å². The van der Waals surface area contributed by atoms with Crippen molar-refractivity contribution >= 4 is 17.1 Å². The molecule has 2 fully saturated rings. The number of alkyl halides is 3. The first-order valence-electron chi connectivity index (χ1n) is 12.4. The minimum absolute atomic E-state index is 0.0871. The molecule has 2 atom stereocenters. The molecule has 3 aromatic heterocycles. The van der Waals surface area contributed by atoms with Crippen LogP contribution in [-0.2, 0) is 10.9 Å². The quantitative estimate of drug-likeness (QED) is 0.331. The third-order valence-electron chi connectivity index (χ3n) is 6.94. The van der Waals surface area contributed by atoms with Crippen LogP contribution in [0.3, 0.4) is 0 Å². The van der Waals surface area contributed by atoms with Gasteiger partial charge in [-0.2, -0.15) is 23.3 Å². The Kier molecular flexibility index (Phi) is 5.82. The fourth-order valence-electron chi connectivity index (χ4n) is 4.67. The van der Waals surface area contributed by atoms with Gasteiger partial charge < -0.3 is 9.64 Å². The highest BCUT2D eigenvalue weighted by Crippen LogP contribution is 2.37. The van der Waals surface area contributed by atoms with Gasteiger partial charge in [0.25, 0.3) is 0 Å². The summed E-state index contributed by atoms with van der Waals surface area (Å²) in [5.74, 6) is -0.773. The van der Waals surface area contributed by atoms with Crippen molar-refractivity contribution in [3.63, 3.8) is 0 Å². The molecule has 12 heteroatoms. The molecule has 6 rings (SSSR count). The molecule has 1 aromatic carbocycles. The predicted octanol–water partition coefficient (Wildman–Crippen LogP) is 5.36. The molecule has 0 spiro atoms. The van der Waals surface area contributed by atoms with Gasteiger partial charge >= 0.3 is 6.18 Å². The molecule has 0 N–H and O–H groups in total. The van der Waals surface area contributed by atoms with Crippen molar-refractivity contribution in [2.45, 2.75) is 58.0 Å². The van der Waals surface area contributed by atoms with Crippen molar-refractivity contribution in [2.75, 3.05) is 18.0 Å². The van der Waals surface area contributed by atoms with Crippen LogP contribution >= 0.6 is 0 Å². The average Bonchev–Trinajstić information content (AvgIpc) is 3.59. The Labute approximate surface area is 215 Å². The maximum atomic E-state index is 15.1. The first kappa shape index (κ1) is 24.7. The van der Waals surface area contributed by atoms with E-state index in [0.717, 1.165) is 30.5 Å². The Balaban J connectivity index is 1.43. The van der Waals surface area contributed by atoms with Gasteiger partial charge in [0.1, 0.15) is 23.1 Å². The Hall–Kier alpha value is -3.67. The molecular formula is C26H25F4N7O. The number of anilines is 1. The average molecular weight is 528 g/mol. The lowest BCUT2D eigenvalue weighted by atomic mass is 10.1. The van der Waals surface area contributed by atoms with Crippen LogP contribution < -0.4 is 4.90 Å². The number of fused-ring (bicyclic) bond motifs is 1. The molecule has 0 bridgehead atoms. The highest BCUT2D eigenvalue weighted by molar-refractivity contribution is 5.88. The Morgan fingerprint density at radius 1 is 1.00 bits per heavy atom. The van der Waals surface area contributed by atoms with Gasteiger partial charge in [-0.25, -0.2) is 19.3 Å². The SMILES string of the molecule is Cc1nc2nc(N3CC(C)OC(c4cnn(C5CC5)c4)C3)nc(-c3ccc(C(F)(F)F)cc3F)c2nc1C. The largest absolute Gasteiger partial charge is 0.416 e. The summed E-state index contributed by atoms with van der Waals surface area (Å²) in [6.45, 7) is 6.35. The number of hydrogen-bond acceptors (Lipinski definition) is 7. The summed E-state index contributed by atoms with van der Waals surface area (Å²) in [6.07, 6.45) is 0.906. The maximum absolute atomic E-state index is 15.1. The standard InChI is InChI=1S/C26H25F4N7O/c1-13-10-36(12-21(38-13)16-9-31-37(11-16)18-5-6-18)25-34-22(23-24(35-25)33-15(3)14(2)32-23)19-7-4-17(8-20(19)27)26(28,29)30/h4,7-9,11,13,18,21H,5-6,10,12H2,1-3H3. The molecule has 1 saturated carbocycles. The first-order valence-corrected chi connectivity index (χ1v) is 12.4. The summed E-state index contributed by atoms with van der Waals surface area (Å²) < 4.78 is 62.8. The first-order chi connectivity index (χ1) is 18.1. The monoisotopic (exact) mass is 527 g/mol. The second kappa shape index (κ2) is 8.97. The third kappa shape index (κ3) is 4.57. The van der Waals surface area contributed by atoms with Gasteiger partial charge in [0.2, 0.25) is 5.95 Å². The molecule has 2 unspecified atom stereocenters. The lowest BCUT2D eigenvalue weighted by Gasteiger charge is -2.36. The van der Waals surface area contributed by atoms with Gasteiger partial charge in [-0.3, -0.25) is 4.68 Å². The van der Waals surface area contributed by atoms with Crippen LogP contribution in [0.15, 0.2) is 30.6 Å². The zero-order chi connectivity index (χ0) is 26.8. The van der Waals surface area contributed by atoms with Gasteiger partial charge in [-0.1, -0.05) is 0 Å². The number of aromatic nitrogens is 6. The molecule has 1 aliphatic carbocycles. The summed E-state index contributed by atoms with van der Waals surface area (Å²) in [5.41, 5.74) is 1.54. The molecular weight excluding hydrogens is 502 g/mol. The summed E-state index contributed by atoms with van der Waals surface area (Å²) in [5, 5.41) is 4.47. The normalized spacial score (nSPS) is 20.3. The van der Waals surface area contributed by atoms with E-state index in [9.17, 15) is 13.2 Å². The predicted molar refractivity (Wildman–Crippen MR) is 131 cm³/mol. The smallest absolute Gasteiger partial charge is 0.367 e. The maximum Gasteiger partial charge on any atom is 0.416 e. The highest BCUT2D eigenvalue weighted by atomic mass is 19.4. The van der Waals surface area contributed by atoms with E-state index in [0.29, 0.717) is 36.6 Å². The minimum atomic E-state index is -4.67. The van der Waals surface area contributed by atoms with E-state index < -0.39 is 17.6 Å². The molecule has 8 nitrogen and oxygen atoms in total. The molecule has 2 aliphatic rings. The van der Waals surface area contributed by atoms with Crippen LogP contribution in [0.2, 0.25) is 0 Å². The lowest BCUT2D eigenvalue weighted by molar-refractivity contribution is -0.137. The van der Waals surface area contributed by atoms with Crippen molar-refractivity contribution < 1.29 is 22.3 Å². The molecule has 1 saturated heterocycles. The van der Waals surface area contributed by atoms with Crippen molar-refractivity contribution in [1.82, 2.24) is 29.7 Å². The van der Waals surface area contributed by atoms with E-state index in [1.165, 1.54) is 0 Å². The van der Waals surface area contributed by atoms with E-state index in [1.807, 2.05) is 22.7 Å². The summed E-state index contributed by atoms with van der Waals surface area (Å²) in [4.78, 5) is 20.3. The van der Waals surface area contributed by atoms with Crippen LogP contribution in [0.4, 0.5) is 23.5 Å². The van der Waals surface area contributed by atoms with E-state index in [2.05, 4.69) is 25.0 Å². The number of hydrogen-bond donors (Lipinski definition) is 0. The summed E-state index contributed by atoms with van der Waals surface area (Å²) in [6, 6.07) is 2.83. The molecule has 198 valence electrons. The van der Waals surface area contributed by atoms with Gasteiger partial charge in [0.05, 0.1) is 41.8 Å². The number of benzene rings is 1. The Morgan fingerprint density at radius 3 is 2.47 bits per heavy atom. The van der Waals surface area contributed by atoms with Crippen molar-refractivity contribution in [2.24, 2.45) is 0 Å². The fraction of sp³-hybridized carbons (Fsp3) is 0.423. The second-order valence-electron chi connectivity index (χ2n) is 9.96. The van der Waals surface area contributed by atoms with Crippen LogP contribution in [-0.4, -0.2) is 48.9 Å². The Morgan fingerprint density at radius 2 is 1.76 bits per heavy atom. The number of morpholine rings is 1. The summed E-state index contributed by atoms with van der Waals surface area (Å²) >= 11 is 0. The molecule has 0 radical (unpaired) electrons. The van der Waals surface area contributed by atoms with Crippen molar-refractivity contribution in [1.29, 1.82) is 0 Å². The van der Waals surface area contributed by atoms with Crippen LogP contribution in [0.5, 0.6) is 0 Å². The van der Waals surface area contributed by atoms with E-state index >= 15 is 4.39 Å². The van der Waals surface area contributed by atoms with Crippen molar-refractivity contribution in [3.05, 3.63) is 58.9 Å². The summed E-state index contributed by atoms with van der Waals surface area (Å²) in [7, 11) is 0. The van der Waals surface area contributed by atoms with Crippen LogP contribution in [0.25, 0.3) is 22.4 Å². The zero-order valence-corrected chi connectivity index (χ0v) is 21.0. The number of halogens is 4. The minimum Gasteiger partial charge on any atom is -0.367 e. The molecule has 38 heavy (non-hydrogen) atoms. The topological polar surface area (TPSA) is 81.9 Å². The van der Waals surface area contributed by atoms with Gasteiger partial charge in [-0.05, 0) is 51.8 Å². The Bertz CT molecular complexity index is 1530. The lowest BCUT2D eigenvalue weighted by Crippen LogP contribution is -2.43. The molecule has 0 amide bonds. The van der Waals surface area contributed by atoms with Gasteiger partial charge in [0, 0.05) is 23.9 Å².